The predicted molar refractivity (Wildman–Crippen MR) is 113 cm³/mol. The number of carbonyl (C=O) groups is 1. The summed E-state index contributed by atoms with van der Waals surface area (Å²) in [4.78, 5) is 24.2. The van der Waals surface area contributed by atoms with E-state index in [1.165, 1.54) is 10.7 Å². The molecule has 0 spiro atoms. The van der Waals surface area contributed by atoms with E-state index in [2.05, 4.69) is 15.7 Å². The van der Waals surface area contributed by atoms with Crippen LogP contribution < -0.4 is 25.7 Å². The lowest BCUT2D eigenvalue weighted by Crippen LogP contribution is -2.31. The second-order valence-corrected chi connectivity index (χ2v) is 6.95. The van der Waals surface area contributed by atoms with E-state index in [0.29, 0.717) is 36.7 Å². The first kappa shape index (κ1) is 19.5. The van der Waals surface area contributed by atoms with Crippen molar-refractivity contribution in [3.8, 4) is 22.8 Å². The third kappa shape index (κ3) is 4.60. The van der Waals surface area contributed by atoms with E-state index in [1.807, 2.05) is 31.2 Å². The van der Waals surface area contributed by atoms with E-state index in [-0.39, 0.29) is 18.4 Å². The smallest absolute Gasteiger partial charge is 0.319 e. The van der Waals surface area contributed by atoms with E-state index in [9.17, 15) is 9.59 Å². The molecule has 2 aromatic carbocycles. The standard InChI is InChI=1S/C22H22N4O4/c1-15-3-5-16(6-4-15)18-8-10-21(27)26(25-18)12-2-11-23-22(28)24-17-7-9-19-20(13-17)30-14-29-19/h3-10,13H,2,11-12,14H2,1H3,(H2,23,24,28). The highest BCUT2D eigenvalue weighted by Gasteiger charge is 2.14. The Hall–Kier alpha value is -3.81. The summed E-state index contributed by atoms with van der Waals surface area (Å²) in [5.74, 6) is 1.26. The summed E-state index contributed by atoms with van der Waals surface area (Å²) in [7, 11) is 0. The van der Waals surface area contributed by atoms with Crippen LogP contribution in [0, 0.1) is 6.92 Å². The van der Waals surface area contributed by atoms with Crippen LogP contribution in [0.2, 0.25) is 0 Å². The molecule has 0 fully saturated rings. The van der Waals surface area contributed by atoms with Crippen molar-refractivity contribution in [2.75, 3.05) is 18.7 Å². The first-order chi connectivity index (χ1) is 14.6. The molecule has 0 saturated carbocycles. The molecule has 0 saturated heterocycles. The van der Waals surface area contributed by atoms with Crippen molar-refractivity contribution in [3.05, 3.63) is 70.5 Å². The second-order valence-electron chi connectivity index (χ2n) is 6.95. The van der Waals surface area contributed by atoms with Crippen molar-refractivity contribution in [1.29, 1.82) is 0 Å². The highest BCUT2D eigenvalue weighted by atomic mass is 16.7. The van der Waals surface area contributed by atoms with Crippen molar-refractivity contribution in [3.63, 3.8) is 0 Å². The minimum Gasteiger partial charge on any atom is -0.454 e. The van der Waals surface area contributed by atoms with Crippen molar-refractivity contribution < 1.29 is 14.3 Å². The number of rotatable bonds is 6. The van der Waals surface area contributed by atoms with E-state index in [4.69, 9.17) is 9.47 Å². The number of aromatic nitrogens is 2. The Morgan fingerprint density at radius 2 is 1.87 bits per heavy atom. The van der Waals surface area contributed by atoms with Gasteiger partial charge in [-0.2, -0.15) is 5.10 Å². The topological polar surface area (TPSA) is 94.5 Å². The second kappa shape index (κ2) is 8.69. The first-order valence-electron chi connectivity index (χ1n) is 9.68. The van der Waals surface area contributed by atoms with Gasteiger partial charge in [-0.15, -0.1) is 0 Å². The summed E-state index contributed by atoms with van der Waals surface area (Å²) in [6.45, 7) is 3.01. The van der Waals surface area contributed by atoms with Crippen LogP contribution in [0.5, 0.6) is 11.5 Å². The molecule has 4 rings (SSSR count). The van der Waals surface area contributed by atoms with E-state index in [0.717, 1.165) is 16.8 Å². The van der Waals surface area contributed by atoms with Gasteiger partial charge in [0.05, 0.1) is 5.69 Å². The molecule has 2 amide bonds. The average molecular weight is 406 g/mol. The van der Waals surface area contributed by atoms with Crippen LogP contribution >= 0.6 is 0 Å². The molecule has 0 atom stereocenters. The molecule has 1 aromatic heterocycles. The average Bonchev–Trinajstić information content (AvgIpc) is 3.21. The highest BCUT2D eigenvalue weighted by molar-refractivity contribution is 5.89. The Kier molecular flexibility index (Phi) is 5.65. The molecule has 2 heterocycles. The van der Waals surface area contributed by atoms with Crippen LogP contribution in [-0.4, -0.2) is 29.1 Å². The van der Waals surface area contributed by atoms with Crippen LogP contribution in [0.3, 0.4) is 0 Å². The molecule has 1 aliphatic heterocycles. The van der Waals surface area contributed by atoms with Gasteiger partial charge in [-0.05, 0) is 31.5 Å². The lowest BCUT2D eigenvalue weighted by Gasteiger charge is -2.10. The number of aryl methyl sites for hydroxylation is 2. The Balaban J connectivity index is 1.29. The fraction of sp³-hybridized carbons (Fsp3) is 0.227. The molecule has 2 N–H and O–H groups in total. The van der Waals surface area contributed by atoms with Crippen LogP contribution in [0.4, 0.5) is 10.5 Å². The number of nitrogens with zero attached hydrogens (tertiary/aromatic N) is 2. The summed E-state index contributed by atoms with van der Waals surface area (Å²) < 4.78 is 12.0. The Bertz CT molecular complexity index is 1110. The molecule has 0 unspecified atom stereocenters. The number of fused-ring (bicyclic) bond motifs is 1. The van der Waals surface area contributed by atoms with Crippen LogP contribution in [0.25, 0.3) is 11.3 Å². The number of amides is 2. The van der Waals surface area contributed by atoms with Gasteiger partial charge in [-0.3, -0.25) is 4.79 Å². The van der Waals surface area contributed by atoms with E-state index in [1.54, 1.807) is 24.3 Å². The number of hydrogen-bond acceptors (Lipinski definition) is 5. The third-order valence-electron chi connectivity index (χ3n) is 4.68. The zero-order valence-electron chi connectivity index (χ0n) is 16.6. The number of nitrogens with one attached hydrogen (secondary N) is 2. The lowest BCUT2D eigenvalue weighted by atomic mass is 10.1. The molecule has 0 bridgehead atoms. The van der Waals surface area contributed by atoms with Gasteiger partial charge in [0.15, 0.2) is 11.5 Å². The maximum absolute atomic E-state index is 12.1. The van der Waals surface area contributed by atoms with Gasteiger partial charge < -0.3 is 20.1 Å². The summed E-state index contributed by atoms with van der Waals surface area (Å²) in [5.41, 5.74) is 3.30. The molecule has 154 valence electrons. The van der Waals surface area contributed by atoms with Crippen molar-refractivity contribution in [2.45, 2.75) is 19.9 Å². The number of urea groups is 1. The Morgan fingerprint density at radius 1 is 1.07 bits per heavy atom. The SMILES string of the molecule is Cc1ccc(-c2ccc(=O)n(CCCNC(=O)Nc3ccc4c(c3)OCO4)n2)cc1. The minimum atomic E-state index is -0.331. The molecule has 30 heavy (non-hydrogen) atoms. The largest absolute Gasteiger partial charge is 0.454 e. The van der Waals surface area contributed by atoms with Gasteiger partial charge in [-0.25, -0.2) is 9.48 Å². The number of hydrogen-bond donors (Lipinski definition) is 2. The molecule has 8 nitrogen and oxygen atoms in total. The van der Waals surface area contributed by atoms with Crippen LogP contribution in [-0.2, 0) is 6.54 Å². The maximum Gasteiger partial charge on any atom is 0.319 e. The van der Waals surface area contributed by atoms with E-state index < -0.39 is 0 Å². The molecular formula is C22H22N4O4. The summed E-state index contributed by atoms with van der Waals surface area (Å²) in [5, 5.41) is 9.96. The normalized spacial score (nSPS) is 11.9. The van der Waals surface area contributed by atoms with Crippen molar-refractivity contribution >= 4 is 11.7 Å². The van der Waals surface area contributed by atoms with Gasteiger partial charge in [0, 0.05) is 36.5 Å². The first-order valence-corrected chi connectivity index (χ1v) is 9.68. The zero-order valence-corrected chi connectivity index (χ0v) is 16.6. The fourth-order valence-electron chi connectivity index (χ4n) is 3.07. The molecule has 0 radical (unpaired) electrons. The minimum absolute atomic E-state index is 0.171. The van der Waals surface area contributed by atoms with Gasteiger partial charge in [0.1, 0.15) is 0 Å². The van der Waals surface area contributed by atoms with E-state index >= 15 is 0 Å². The van der Waals surface area contributed by atoms with Gasteiger partial charge in [0.25, 0.3) is 5.56 Å². The molecular weight excluding hydrogens is 384 g/mol. The summed E-state index contributed by atoms with van der Waals surface area (Å²) in [6, 6.07) is 16.1. The zero-order chi connectivity index (χ0) is 20.9. The number of benzene rings is 2. The fourth-order valence-corrected chi connectivity index (χ4v) is 3.07. The number of carbonyl (C=O) groups excluding carboxylic acids is 1. The van der Waals surface area contributed by atoms with Gasteiger partial charge in [-0.1, -0.05) is 29.8 Å². The Labute approximate surface area is 173 Å². The van der Waals surface area contributed by atoms with Crippen LogP contribution in [0.1, 0.15) is 12.0 Å². The van der Waals surface area contributed by atoms with Crippen molar-refractivity contribution in [2.24, 2.45) is 0 Å². The van der Waals surface area contributed by atoms with Crippen molar-refractivity contribution in [1.82, 2.24) is 15.1 Å². The molecule has 0 aliphatic carbocycles. The molecule has 1 aliphatic rings. The highest BCUT2D eigenvalue weighted by Crippen LogP contribution is 2.34. The van der Waals surface area contributed by atoms with Gasteiger partial charge >= 0.3 is 6.03 Å². The lowest BCUT2D eigenvalue weighted by molar-refractivity contribution is 0.174. The van der Waals surface area contributed by atoms with Gasteiger partial charge in [0.2, 0.25) is 6.79 Å². The summed E-state index contributed by atoms with van der Waals surface area (Å²) in [6.07, 6.45) is 0.568. The predicted octanol–water partition coefficient (Wildman–Crippen LogP) is 3.16. The maximum atomic E-state index is 12.1. The summed E-state index contributed by atoms with van der Waals surface area (Å²) >= 11 is 0. The third-order valence-corrected chi connectivity index (χ3v) is 4.68. The molecule has 8 heteroatoms. The van der Waals surface area contributed by atoms with Crippen LogP contribution in [0.15, 0.2) is 59.4 Å². The Morgan fingerprint density at radius 3 is 2.70 bits per heavy atom. The number of anilines is 1. The monoisotopic (exact) mass is 406 g/mol. The quantitative estimate of drug-likeness (QED) is 0.613. The number of ether oxygens (including phenoxy) is 2. The molecule has 3 aromatic rings.